The summed E-state index contributed by atoms with van der Waals surface area (Å²) in [5.41, 5.74) is 0. The van der Waals surface area contributed by atoms with E-state index in [9.17, 15) is 0 Å². The molecule has 32 valence electrons. The third-order valence-electron chi connectivity index (χ3n) is 0. The maximum Gasteiger partial charge on any atom is 2.00 e. The van der Waals surface area contributed by atoms with Crippen LogP contribution in [0.4, 0.5) is 0 Å². The first kappa shape index (κ1) is 45.5. The van der Waals surface area contributed by atoms with Crippen LogP contribution in [0.15, 0.2) is 0 Å². The van der Waals surface area contributed by atoms with E-state index in [1.807, 2.05) is 0 Å². The molecule has 0 aromatic rings. The molecular weight excluding hydrogens is 195 g/mol. The molecule has 0 saturated carbocycles. The van der Waals surface area contributed by atoms with Gasteiger partial charge in [0.25, 0.3) is 0 Å². The van der Waals surface area contributed by atoms with Gasteiger partial charge in [-0.3, -0.25) is 0 Å². The smallest absolute Gasteiger partial charge is 2.00 e. The Hall–Kier alpha value is 1.84. The third kappa shape index (κ3) is 40.5. The number of hydrogen-bond donors (Lipinski definition) is 0. The summed E-state index contributed by atoms with van der Waals surface area (Å²) in [6, 6.07) is 0. The SMILES string of the molecule is [Na+].[O-2].[OH-].[O]=[Ni].[Zn+2]. The molecule has 0 unspecified atom stereocenters. The van der Waals surface area contributed by atoms with Crippen molar-refractivity contribution in [3.63, 3.8) is 0 Å². The molecule has 0 atom stereocenters. The first-order valence-electron chi connectivity index (χ1n) is 0.129. The molecule has 0 aromatic heterocycles. The van der Waals surface area contributed by atoms with Gasteiger partial charge in [0, 0.05) is 0 Å². The largest absolute Gasteiger partial charge is 2.00 e. The summed E-state index contributed by atoms with van der Waals surface area (Å²) in [6.45, 7) is 0. The molecule has 0 amide bonds. The summed E-state index contributed by atoms with van der Waals surface area (Å²) in [7, 11) is 0. The molecule has 0 bridgehead atoms. The van der Waals surface area contributed by atoms with Crippen molar-refractivity contribution in [1.82, 2.24) is 0 Å². The van der Waals surface area contributed by atoms with E-state index in [1.165, 1.54) is 0 Å². The summed E-state index contributed by atoms with van der Waals surface area (Å²) in [5, 5.41) is 0. The number of hydrogen-bond acceptors (Lipinski definition) is 2. The Morgan fingerprint density at radius 1 is 1.17 bits per heavy atom. The Balaban J connectivity index is -0.000000000833. The van der Waals surface area contributed by atoms with E-state index in [-0.39, 0.29) is 60.0 Å². The van der Waals surface area contributed by atoms with Crippen molar-refractivity contribution in [2.24, 2.45) is 0 Å². The van der Waals surface area contributed by atoms with Gasteiger partial charge in [-0.2, -0.15) is 0 Å². The van der Waals surface area contributed by atoms with Gasteiger partial charge >= 0.3 is 68.3 Å². The minimum atomic E-state index is 0. The second kappa shape index (κ2) is 69.0. The standard InChI is InChI=1S/Na.Ni.H2O.2O.Zn/h;;1H2;;;/q+1;;;;-2;+2/p-1. The third-order valence-corrected chi connectivity index (χ3v) is 0. The van der Waals surface area contributed by atoms with Crippen LogP contribution in [-0.4, -0.2) is 5.48 Å². The molecular formula is HNaNiO3Zn. The zero-order valence-electron chi connectivity index (χ0n) is 3.29. The first-order valence-corrected chi connectivity index (χ1v) is 0.532. The van der Waals surface area contributed by atoms with Crippen molar-refractivity contribution in [2.75, 3.05) is 0 Å². The summed E-state index contributed by atoms with van der Waals surface area (Å²) < 4.78 is 7.88. The Morgan fingerprint density at radius 3 is 1.17 bits per heavy atom. The van der Waals surface area contributed by atoms with E-state index in [2.05, 4.69) is 15.4 Å². The Kier molecular flexibility index (Phi) is 524. The fraction of sp³-hybridized carbons (Fsp3) is 0. The molecule has 0 aliphatic heterocycles. The molecule has 0 rings (SSSR count). The summed E-state index contributed by atoms with van der Waals surface area (Å²) in [4.78, 5) is 0. The van der Waals surface area contributed by atoms with Gasteiger partial charge in [0.2, 0.25) is 0 Å². The van der Waals surface area contributed by atoms with Gasteiger partial charge in [0.05, 0.1) is 0 Å². The molecule has 6 heavy (non-hydrogen) atoms. The quantitative estimate of drug-likeness (QED) is 0.378. The molecule has 0 saturated heterocycles. The molecule has 0 aromatic carbocycles. The maximum atomic E-state index is 7.88. The molecule has 6 heteroatoms. The van der Waals surface area contributed by atoms with Crippen LogP contribution in [0.2, 0.25) is 0 Å². The first-order chi connectivity index (χ1) is 1.00. The van der Waals surface area contributed by atoms with Crippen LogP contribution < -0.4 is 29.6 Å². The predicted molar refractivity (Wildman–Crippen MR) is 3.31 cm³/mol. The van der Waals surface area contributed by atoms with E-state index in [0.29, 0.717) is 0 Å². The van der Waals surface area contributed by atoms with E-state index in [0.717, 1.165) is 0 Å². The van der Waals surface area contributed by atoms with Gasteiger partial charge in [-0.15, -0.1) is 0 Å². The van der Waals surface area contributed by atoms with Crippen molar-refractivity contribution in [3.8, 4) is 0 Å². The summed E-state index contributed by atoms with van der Waals surface area (Å²) >= 11 is 2.62. The van der Waals surface area contributed by atoms with Crippen LogP contribution in [0.3, 0.4) is 0 Å². The normalized spacial score (nSPS) is 1.00. The van der Waals surface area contributed by atoms with Crippen LogP contribution in [-0.2, 0) is 44.2 Å². The van der Waals surface area contributed by atoms with Crippen molar-refractivity contribution in [2.45, 2.75) is 0 Å². The second-order valence-corrected chi connectivity index (χ2v) is 0. The monoisotopic (exact) mass is 194 g/mol. The van der Waals surface area contributed by atoms with Crippen LogP contribution in [0.1, 0.15) is 0 Å². The van der Waals surface area contributed by atoms with Crippen LogP contribution in [0.25, 0.3) is 0 Å². The zero-order valence-corrected chi connectivity index (χ0v) is 9.24. The summed E-state index contributed by atoms with van der Waals surface area (Å²) in [6.07, 6.45) is 0. The number of rotatable bonds is 0. The molecule has 0 aliphatic rings. The second-order valence-electron chi connectivity index (χ2n) is 0. The van der Waals surface area contributed by atoms with Crippen LogP contribution >= 0.6 is 0 Å². The molecule has 0 fully saturated rings. The van der Waals surface area contributed by atoms with Gasteiger partial charge in [-0.1, -0.05) is 0 Å². The maximum absolute atomic E-state index is 7.88. The fourth-order valence-corrected chi connectivity index (χ4v) is 0. The minimum Gasteiger partial charge on any atom is 2.00 e. The van der Waals surface area contributed by atoms with E-state index in [4.69, 9.17) is 3.90 Å². The fourth-order valence-electron chi connectivity index (χ4n) is 0. The molecule has 0 spiro atoms. The minimum absolute atomic E-state index is 0. The van der Waals surface area contributed by atoms with Crippen LogP contribution in [0.5, 0.6) is 0 Å². The van der Waals surface area contributed by atoms with Crippen molar-refractivity contribution in [3.05, 3.63) is 0 Å². The average Bonchev–Trinajstić information content (AvgIpc) is 1.00. The Bertz CT molecular complexity index is 10.8. The zero-order chi connectivity index (χ0) is 2.00. The van der Waals surface area contributed by atoms with Crippen molar-refractivity contribution in [1.29, 1.82) is 0 Å². The van der Waals surface area contributed by atoms with Gasteiger partial charge in [-0.25, -0.2) is 0 Å². The van der Waals surface area contributed by atoms with Gasteiger partial charge < -0.3 is 11.0 Å². The molecule has 0 heterocycles. The van der Waals surface area contributed by atoms with E-state index < -0.39 is 0 Å². The van der Waals surface area contributed by atoms with Gasteiger partial charge in [0.1, 0.15) is 0 Å². The molecule has 3 nitrogen and oxygen atoms in total. The van der Waals surface area contributed by atoms with E-state index >= 15 is 0 Å². The van der Waals surface area contributed by atoms with Gasteiger partial charge in [-0.05, 0) is 0 Å². The molecule has 1 N–H and O–H groups in total. The average molecular weight is 196 g/mol. The summed E-state index contributed by atoms with van der Waals surface area (Å²) in [5.74, 6) is 0. The molecule has 0 aliphatic carbocycles. The Morgan fingerprint density at radius 2 is 1.17 bits per heavy atom. The van der Waals surface area contributed by atoms with Crippen molar-refractivity contribution >= 4 is 0 Å². The van der Waals surface area contributed by atoms with Crippen LogP contribution in [0, 0.1) is 0 Å². The van der Waals surface area contributed by atoms with Gasteiger partial charge in [0.15, 0.2) is 0 Å². The molecule has 0 radical (unpaired) electrons. The Labute approximate surface area is 78.5 Å². The van der Waals surface area contributed by atoms with E-state index in [1.54, 1.807) is 0 Å². The topological polar surface area (TPSA) is 75.6 Å². The predicted octanol–water partition coefficient (Wildman–Crippen LogP) is -3.42. The van der Waals surface area contributed by atoms with Crippen molar-refractivity contribution < 1.29 is 79.3 Å².